The van der Waals surface area contributed by atoms with E-state index in [-0.39, 0.29) is 11.6 Å². The van der Waals surface area contributed by atoms with Gasteiger partial charge in [0.05, 0.1) is 7.11 Å². The molecule has 0 aliphatic heterocycles. The Balaban J connectivity index is 1.75. The topological polar surface area (TPSA) is 58.5 Å². The Labute approximate surface area is 144 Å². The van der Waals surface area contributed by atoms with E-state index in [1.54, 1.807) is 12.1 Å². The number of anilines is 1. The van der Waals surface area contributed by atoms with E-state index in [4.69, 9.17) is 4.74 Å². The van der Waals surface area contributed by atoms with Crippen molar-refractivity contribution in [2.75, 3.05) is 12.0 Å². The van der Waals surface area contributed by atoms with Crippen molar-refractivity contribution in [1.82, 2.24) is 9.97 Å². The van der Waals surface area contributed by atoms with E-state index in [1.807, 2.05) is 18.2 Å². The van der Waals surface area contributed by atoms with Crippen LogP contribution < -0.4 is 9.64 Å². The largest absolute Gasteiger partial charge is 0.504 e. The van der Waals surface area contributed by atoms with Crippen molar-refractivity contribution in [2.24, 2.45) is 0 Å². The minimum Gasteiger partial charge on any atom is -0.504 e. The predicted octanol–water partition coefficient (Wildman–Crippen LogP) is 3.65. The molecule has 1 heterocycles. The Morgan fingerprint density at radius 1 is 1.24 bits per heavy atom. The summed E-state index contributed by atoms with van der Waals surface area (Å²) in [5.41, 5.74) is 1.33. The van der Waals surface area contributed by atoms with Gasteiger partial charge in [0.25, 0.3) is 0 Å². The molecule has 0 atom stereocenters. The third-order valence-electron chi connectivity index (χ3n) is 4.45. The van der Waals surface area contributed by atoms with Gasteiger partial charge in [0.15, 0.2) is 11.5 Å². The maximum atomic E-state index is 14.1. The van der Waals surface area contributed by atoms with E-state index < -0.39 is 0 Å². The number of rotatable bonds is 5. The first-order chi connectivity index (χ1) is 12.2. The first kappa shape index (κ1) is 15.6. The van der Waals surface area contributed by atoms with E-state index >= 15 is 0 Å². The van der Waals surface area contributed by atoms with Gasteiger partial charge in [-0.3, -0.25) is 0 Å². The fourth-order valence-electron chi connectivity index (χ4n) is 3.05. The fraction of sp³-hybridized carbons (Fsp3) is 0.263. The van der Waals surface area contributed by atoms with E-state index in [1.165, 1.54) is 19.5 Å². The number of methoxy groups -OCH3 is 1. The molecule has 1 aliphatic rings. The van der Waals surface area contributed by atoms with Crippen LogP contribution in [0.25, 0.3) is 10.9 Å². The third-order valence-corrected chi connectivity index (χ3v) is 4.45. The van der Waals surface area contributed by atoms with Gasteiger partial charge in [-0.05, 0) is 42.7 Å². The molecule has 0 unspecified atom stereocenters. The highest BCUT2D eigenvalue weighted by Crippen LogP contribution is 2.36. The van der Waals surface area contributed by atoms with Crippen LogP contribution in [0.4, 0.5) is 10.2 Å². The van der Waals surface area contributed by atoms with E-state index in [9.17, 15) is 9.50 Å². The van der Waals surface area contributed by atoms with Crippen LogP contribution in [0.3, 0.4) is 0 Å². The normalized spacial score (nSPS) is 13.8. The molecule has 4 rings (SSSR count). The van der Waals surface area contributed by atoms with Gasteiger partial charge in [-0.2, -0.15) is 0 Å². The van der Waals surface area contributed by atoms with Crippen molar-refractivity contribution in [1.29, 1.82) is 0 Å². The average Bonchev–Trinajstić information content (AvgIpc) is 3.46. The van der Waals surface area contributed by atoms with Crippen LogP contribution in [-0.4, -0.2) is 28.2 Å². The number of ether oxygens (including phenoxy) is 1. The Hall–Kier alpha value is -2.89. The van der Waals surface area contributed by atoms with Crippen molar-refractivity contribution >= 4 is 16.7 Å². The highest BCUT2D eigenvalue weighted by Gasteiger charge is 2.31. The van der Waals surface area contributed by atoms with Crippen LogP contribution in [0, 0.1) is 5.82 Å². The molecule has 0 spiro atoms. The average molecular weight is 339 g/mol. The van der Waals surface area contributed by atoms with Crippen molar-refractivity contribution in [3.8, 4) is 11.5 Å². The quantitative estimate of drug-likeness (QED) is 0.769. The molecule has 6 heteroatoms. The van der Waals surface area contributed by atoms with Gasteiger partial charge in [-0.15, -0.1) is 0 Å². The number of para-hydroxylation sites is 1. The summed E-state index contributed by atoms with van der Waals surface area (Å²) in [4.78, 5) is 10.7. The second-order valence-electron chi connectivity index (χ2n) is 6.20. The summed E-state index contributed by atoms with van der Waals surface area (Å²) in [6.45, 7) is 0.601. The molecule has 1 saturated carbocycles. The molecule has 128 valence electrons. The number of benzene rings is 2. The van der Waals surface area contributed by atoms with Gasteiger partial charge in [-0.1, -0.05) is 12.1 Å². The Morgan fingerprint density at radius 3 is 2.84 bits per heavy atom. The monoisotopic (exact) mass is 339 g/mol. The van der Waals surface area contributed by atoms with Crippen LogP contribution in [-0.2, 0) is 6.54 Å². The summed E-state index contributed by atoms with van der Waals surface area (Å²) >= 11 is 0. The van der Waals surface area contributed by atoms with E-state index in [0.717, 1.165) is 24.2 Å². The molecular formula is C19H18FN3O2. The molecule has 0 bridgehead atoms. The number of halogens is 1. The molecule has 5 nitrogen and oxygen atoms in total. The lowest BCUT2D eigenvalue weighted by molar-refractivity contribution is 0.373. The molecule has 25 heavy (non-hydrogen) atoms. The minimum absolute atomic E-state index is 0.110. The number of nitrogens with zero attached hydrogens (tertiary/aromatic N) is 3. The number of phenolic OH excluding ortho intramolecular Hbond substituents is 1. The first-order valence-electron chi connectivity index (χ1n) is 8.19. The summed E-state index contributed by atoms with van der Waals surface area (Å²) in [5, 5.41) is 10.5. The lowest BCUT2D eigenvalue weighted by atomic mass is 10.1. The number of hydrogen-bond acceptors (Lipinski definition) is 5. The van der Waals surface area contributed by atoms with Crippen LogP contribution in [0.15, 0.2) is 42.7 Å². The van der Waals surface area contributed by atoms with Gasteiger partial charge in [-0.25, -0.2) is 14.4 Å². The van der Waals surface area contributed by atoms with Crippen LogP contribution in [0.1, 0.15) is 18.4 Å². The zero-order valence-corrected chi connectivity index (χ0v) is 13.8. The van der Waals surface area contributed by atoms with Crippen molar-refractivity contribution < 1.29 is 14.2 Å². The molecule has 1 N–H and O–H groups in total. The first-order valence-corrected chi connectivity index (χ1v) is 8.19. The van der Waals surface area contributed by atoms with Crippen molar-refractivity contribution in [3.63, 3.8) is 0 Å². The summed E-state index contributed by atoms with van der Waals surface area (Å²) in [7, 11) is 1.53. The third kappa shape index (κ3) is 2.95. The van der Waals surface area contributed by atoms with Gasteiger partial charge in [0.1, 0.15) is 23.5 Å². The Kier molecular flexibility index (Phi) is 3.87. The highest BCUT2D eigenvalue weighted by atomic mass is 19.1. The molecule has 1 aromatic heterocycles. The summed E-state index contributed by atoms with van der Waals surface area (Å²) in [6, 6.07) is 10.6. The molecule has 1 fully saturated rings. The predicted molar refractivity (Wildman–Crippen MR) is 93.4 cm³/mol. The van der Waals surface area contributed by atoms with Gasteiger partial charge in [0, 0.05) is 18.0 Å². The lowest BCUT2D eigenvalue weighted by Gasteiger charge is -2.25. The molecular weight excluding hydrogens is 321 g/mol. The van der Waals surface area contributed by atoms with Gasteiger partial charge >= 0.3 is 0 Å². The van der Waals surface area contributed by atoms with Crippen molar-refractivity contribution in [3.05, 3.63) is 54.1 Å². The maximum absolute atomic E-state index is 14.1. The zero-order valence-electron chi connectivity index (χ0n) is 13.8. The van der Waals surface area contributed by atoms with E-state index in [0.29, 0.717) is 29.2 Å². The molecule has 2 aromatic carbocycles. The number of aromatic nitrogens is 2. The molecule has 0 amide bonds. The van der Waals surface area contributed by atoms with E-state index in [2.05, 4.69) is 14.9 Å². The minimum atomic E-state index is -0.344. The second kappa shape index (κ2) is 6.20. The zero-order chi connectivity index (χ0) is 17.4. The number of fused-ring (bicyclic) bond motifs is 1. The Morgan fingerprint density at radius 2 is 2.08 bits per heavy atom. The second-order valence-corrected chi connectivity index (χ2v) is 6.20. The van der Waals surface area contributed by atoms with Gasteiger partial charge in [0.2, 0.25) is 0 Å². The fourth-order valence-corrected chi connectivity index (χ4v) is 3.05. The molecule has 0 saturated heterocycles. The Bertz CT molecular complexity index is 928. The van der Waals surface area contributed by atoms with Crippen LogP contribution in [0.5, 0.6) is 11.5 Å². The SMILES string of the molecule is COc1cc(CN(c2ncnc3c(F)cccc23)C2CC2)ccc1O. The standard InChI is InChI=1S/C19H18FN3O2/c1-25-17-9-12(5-8-16(17)24)10-23(13-6-7-13)19-14-3-2-4-15(20)18(14)21-11-22-19/h2-5,8-9,11,13,24H,6-7,10H2,1H3. The molecule has 0 radical (unpaired) electrons. The number of aromatic hydroxyl groups is 1. The summed E-state index contributed by atoms with van der Waals surface area (Å²) < 4.78 is 19.3. The number of hydrogen-bond donors (Lipinski definition) is 1. The molecule has 3 aromatic rings. The highest BCUT2D eigenvalue weighted by molar-refractivity contribution is 5.89. The van der Waals surface area contributed by atoms with Gasteiger partial charge < -0.3 is 14.7 Å². The summed E-state index contributed by atoms with van der Waals surface area (Å²) in [6.07, 6.45) is 3.57. The van der Waals surface area contributed by atoms with Crippen LogP contribution in [0.2, 0.25) is 0 Å². The van der Waals surface area contributed by atoms with Crippen LogP contribution >= 0.6 is 0 Å². The van der Waals surface area contributed by atoms with Crippen molar-refractivity contribution in [2.45, 2.75) is 25.4 Å². The number of phenols is 1. The molecule has 1 aliphatic carbocycles. The smallest absolute Gasteiger partial charge is 0.160 e. The lowest BCUT2D eigenvalue weighted by Crippen LogP contribution is -2.26. The maximum Gasteiger partial charge on any atom is 0.160 e. The summed E-state index contributed by atoms with van der Waals surface area (Å²) in [5.74, 6) is 0.938.